The first kappa shape index (κ1) is 16.1. The van der Waals surface area contributed by atoms with Crippen molar-refractivity contribution in [3.63, 3.8) is 0 Å². The molecule has 0 amide bonds. The van der Waals surface area contributed by atoms with Crippen molar-refractivity contribution in [2.24, 2.45) is 0 Å². The molecule has 1 aromatic carbocycles. The number of ether oxygens (including phenoxy) is 1. The lowest BCUT2D eigenvalue weighted by Crippen LogP contribution is -2.33. The van der Waals surface area contributed by atoms with E-state index in [0.717, 1.165) is 5.75 Å². The molecule has 2 aromatic rings. The number of nitrogens with one attached hydrogen (secondary N) is 1. The van der Waals surface area contributed by atoms with Gasteiger partial charge in [0.1, 0.15) is 12.4 Å². The van der Waals surface area contributed by atoms with E-state index >= 15 is 0 Å². The summed E-state index contributed by atoms with van der Waals surface area (Å²) >= 11 is 1.86. The van der Waals surface area contributed by atoms with Crippen LogP contribution in [0.1, 0.15) is 40.8 Å². The highest BCUT2D eigenvalue weighted by atomic mass is 32.1. The first-order chi connectivity index (χ1) is 9.95. The fourth-order valence-electron chi connectivity index (χ4n) is 2.50. The largest absolute Gasteiger partial charge is 0.492 e. The summed E-state index contributed by atoms with van der Waals surface area (Å²) in [7, 11) is 0. The van der Waals surface area contributed by atoms with Gasteiger partial charge in [-0.15, -0.1) is 11.3 Å². The molecule has 114 valence electrons. The molecule has 2 atom stereocenters. The molecule has 21 heavy (non-hydrogen) atoms. The van der Waals surface area contributed by atoms with E-state index in [1.807, 2.05) is 23.5 Å². The monoisotopic (exact) mass is 303 g/mol. The van der Waals surface area contributed by atoms with Gasteiger partial charge < -0.3 is 10.1 Å². The van der Waals surface area contributed by atoms with Crippen LogP contribution in [0, 0.1) is 20.8 Å². The first-order valence-corrected chi connectivity index (χ1v) is 8.30. The second-order valence-electron chi connectivity index (χ2n) is 5.78. The highest BCUT2D eigenvalue weighted by Crippen LogP contribution is 2.26. The zero-order valence-corrected chi connectivity index (χ0v) is 14.4. The molecular weight excluding hydrogens is 278 g/mol. The maximum absolute atomic E-state index is 5.84. The van der Waals surface area contributed by atoms with E-state index in [9.17, 15) is 0 Å². The van der Waals surface area contributed by atoms with Crippen molar-refractivity contribution in [3.05, 3.63) is 51.2 Å². The van der Waals surface area contributed by atoms with Crippen LogP contribution < -0.4 is 10.1 Å². The SMILES string of the molecule is Cc1ccc(OCC(C)NC(C)c2cc(C)sc2C)cc1. The Labute approximate surface area is 132 Å². The minimum absolute atomic E-state index is 0.306. The summed E-state index contributed by atoms with van der Waals surface area (Å²) in [5.41, 5.74) is 2.66. The highest BCUT2D eigenvalue weighted by Gasteiger charge is 2.14. The maximum Gasteiger partial charge on any atom is 0.119 e. The molecule has 0 bridgehead atoms. The molecule has 0 aliphatic carbocycles. The molecule has 0 spiro atoms. The van der Waals surface area contributed by atoms with E-state index in [0.29, 0.717) is 18.7 Å². The Morgan fingerprint density at radius 2 is 1.76 bits per heavy atom. The van der Waals surface area contributed by atoms with E-state index in [2.05, 4.69) is 58.1 Å². The lowest BCUT2D eigenvalue weighted by molar-refractivity contribution is 0.264. The second kappa shape index (κ2) is 7.10. The molecule has 0 aliphatic rings. The molecule has 0 fully saturated rings. The minimum atomic E-state index is 0.306. The Balaban J connectivity index is 1.85. The van der Waals surface area contributed by atoms with Gasteiger partial charge in [-0.25, -0.2) is 0 Å². The Kier molecular flexibility index (Phi) is 5.43. The average molecular weight is 303 g/mol. The molecule has 3 heteroatoms. The zero-order valence-electron chi connectivity index (χ0n) is 13.6. The Hall–Kier alpha value is -1.32. The molecule has 0 radical (unpaired) electrons. The zero-order chi connectivity index (χ0) is 15.4. The summed E-state index contributed by atoms with van der Waals surface area (Å²) < 4.78 is 5.84. The van der Waals surface area contributed by atoms with Gasteiger partial charge in [0.05, 0.1) is 0 Å². The summed E-state index contributed by atoms with van der Waals surface area (Å²) in [6.45, 7) is 11.5. The van der Waals surface area contributed by atoms with Crippen LogP contribution in [-0.2, 0) is 0 Å². The molecule has 1 N–H and O–H groups in total. The lowest BCUT2D eigenvalue weighted by Gasteiger charge is -2.20. The number of aryl methyl sites for hydroxylation is 3. The van der Waals surface area contributed by atoms with Crippen molar-refractivity contribution < 1.29 is 4.74 Å². The second-order valence-corrected chi connectivity index (χ2v) is 7.24. The van der Waals surface area contributed by atoms with Gasteiger partial charge >= 0.3 is 0 Å². The van der Waals surface area contributed by atoms with E-state index in [4.69, 9.17) is 4.74 Å². The van der Waals surface area contributed by atoms with Crippen molar-refractivity contribution in [3.8, 4) is 5.75 Å². The molecule has 1 heterocycles. The molecule has 0 aliphatic heterocycles. The van der Waals surface area contributed by atoms with Crippen LogP contribution in [-0.4, -0.2) is 12.6 Å². The van der Waals surface area contributed by atoms with Crippen LogP contribution in [0.15, 0.2) is 30.3 Å². The van der Waals surface area contributed by atoms with Gasteiger partial charge in [-0.2, -0.15) is 0 Å². The van der Waals surface area contributed by atoms with E-state index < -0.39 is 0 Å². The van der Waals surface area contributed by atoms with E-state index in [-0.39, 0.29) is 0 Å². The minimum Gasteiger partial charge on any atom is -0.492 e. The molecule has 1 aromatic heterocycles. The van der Waals surface area contributed by atoms with Crippen LogP contribution >= 0.6 is 11.3 Å². The number of thiophene rings is 1. The smallest absolute Gasteiger partial charge is 0.119 e. The topological polar surface area (TPSA) is 21.3 Å². The van der Waals surface area contributed by atoms with E-state index in [1.54, 1.807) is 0 Å². The predicted molar refractivity (Wildman–Crippen MR) is 91.5 cm³/mol. The molecule has 0 saturated carbocycles. The fourth-order valence-corrected chi connectivity index (χ4v) is 3.52. The molecule has 2 unspecified atom stereocenters. The molecule has 2 nitrogen and oxygen atoms in total. The van der Waals surface area contributed by atoms with Gasteiger partial charge in [0, 0.05) is 21.8 Å². The number of benzene rings is 1. The first-order valence-electron chi connectivity index (χ1n) is 7.48. The van der Waals surface area contributed by atoms with Gasteiger partial charge in [-0.3, -0.25) is 0 Å². The Morgan fingerprint density at radius 3 is 2.33 bits per heavy atom. The normalized spacial score (nSPS) is 14.0. The van der Waals surface area contributed by atoms with Crippen molar-refractivity contribution in [1.29, 1.82) is 0 Å². The summed E-state index contributed by atoms with van der Waals surface area (Å²) in [5, 5.41) is 3.61. The summed E-state index contributed by atoms with van der Waals surface area (Å²) in [4.78, 5) is 2.78. The van der Waals surface area contributed by atoms with Crippen molar-refractivity contribution in [2.45, 2.75) is 46.7 Å². The maximum atomic E-state index is 5.84. The third kappa shape index (κ3) is 4.58. The fraction of sp³-hybridized carbons (Fsp3) is 0.444. The number of rotatable bonds is 6. The average Bonchev–Trinajstić information content (AvgIpc) is 2.77. The highest BCUT2D eigenvalue weighted by molar-refractivity contribution is 7.12. The molecular formula is C18H25NOS. The van der Waals surface area contributed by atoms with Gasteiger partial charge in [-0.05, 0) is 58.4 Å². The van der Waals surface area contributed by atoms with Crippen LogP contribution in [0.5, 0.6) is 5.75 Å². The van der Waals surface area contributed by atoms with Crippen LogP contribution in [0.3, 0.4) is 0 Å². The Morgan fingerprint density at radius 1 is 1.10 bits per heavy atom. The van der Waals surface area contributed by atoms with Crippen molar-refractivity contribution in [1.82, 2.24) is 5.32 Å². The molecule has 2 rings (SSSR count). The van der Waals surface area contributed by atoms with Crippen molar-refractivity contribution >= 4 is 11.3 Å². The molecule has 0 saturated heterocycles. The number of hydrogen-bond acceptors (Lipinski definition) is 3. The standard InChI is InChI=1S/C18H25NOS/c1-12-6-8-17(9-7-12)20-11-13(2)19-15(4)18-10-14(3)21-16(18)5/h6-10,13,15,19H,11H2,1-5H3. The third-order valence-corrected chi connectivity index (χ3v) is 4.58. The van der Waals surface area contributed by atoms with Gasteiger partial charge in [0.2, 0.25) is 0 Å². The third-order valence-electron chi connectivity index (χ3n) is 3.60. The van der Waals surface area contributed by atoms with Crippen LogP contribution in [0.25, 0.3) is 0 Å². The van der Waals surface area contributed by atoms with Crippen LogP contribution in [0.2, 0.25) is 0 Å². The summed E-state index contributed by atoms with van der Waals surface area (Å²) in [5.74, 6) is 0.935. The summed E-state index contributed by atoms with van der Waals surface area (Å²) in [6.07, 6.45) is 0. The lowest BCUT2D eigenvalue weighted by atomic mass is 10.1. The van der Waals surface area contributed by atoms with Crippen LogP contribution in [0.4, 0.5) is 0 Å². The van der Waals surface area contributed by atoms with Gasteiger partial charge in [0.15, 0.2) is 0 Å². The summed E-state index contributed by atoms with van der Waals surface area (Å²) in [6, 6.07) is 11.1. The number of hydrogen-bond donors (Lipinski definition) is 1. The van der Waals surface area contributed by atoms with E-state index in [1.165, 1.54) is 20.9 Å². The van der Waals surface area contributed by atoms with Crippen molar-refractivity contribution in [2.75, 3.05) is 6.61 Å². The quantitative estimate of drug-likeness (QED) is 0.828. The Bertz CT molecular complexity index is 573. The van der Waals surface area contributed by atoms with Gasteiger partial charge in [-0.1, -0.05) is 17.7 Å². The van der Waals surface area contributed by atoms with Gasteiger partial charge in [0.25, 0.3) is 0 Å². The predicted octanol–water partition coefficient (Wildman–Crippen LogP) is 4.79.